The molecule has 8 N–H and O–H groups in total. The molecule has 26 heteroatoms. The Morgan fingerprint density at radius 2 is 1.20 bits per heavy atom. The molecule has 0 saturated heterocycles. The third-order valence-corrected chi connectivity index (χ3v) is 11.5. The van der Waals surface area contributed by atoms with Crippen molar-refractivity contribution in [1.29, 1.82) is 0 Å². The maximum atomic E-state index is 12.6. The molecular weight excluding hydrogens is 880 g/mol. The van der Waals surface area contributed by atoms with Crippen LogP contribution in [0.5, 0.6) is 5.75 Å². The second-order valence-electron chi connectivity index (χ2n) is 11.9. The van der Waals surface area contributed by atoms with Crippen molar-refractivity contribution >= 4 is 109 Å². The van der Waals surface area contributed by atoms with Crippen LogP contribution in [-0.2, 0) is 40.5 Å². The van der Waals surface area contributed by atoms with E-state index in [2.05, 4.69) is 47.7 Å². The van der Waals surface area contributed by atoms with Crippen molar-refractivity contribution in [3.8, 4) is 5.75 Å². The lowest BCUT2D eigenvalue weighted by Crippen LogP contribution is -2.05. The van der Waals surface area contributed by atoms with Crippen molar-refractivity contribution in [2.24, 2.45) is 10.2 Å². The van der Waals surface area contributed by atoms with E-state index in [1.807, 2.05) is 0 Å². The van der Waals surface area contributed by atoms with Gasteiger partial charge in [0.1, 0.15) is 21.2 Å². The molecule has 21 nitrogen and oxygen atoms in total. The molecule has 6 rings (SSSR count). The minimum Gasteiger partial charge on any atom is -0.505 e. The molecule has 0 aliphatic heterocycles. The number of rotatable bonds is 13. The van der Waals surface area contributed by atoms with Crippen molar-refractivity contribution in [2.75, 3.05) is 16.0 Å². The molecular formula is C33H25ClN8O13S4. The molecule has 6 aromatic rings. The molecule has 0 aliphatic rings. The summed E-state index contributed by atoms with van der Waals surface area (Å²) in [7, 11) is -19.8. The summed E-state index contributed by atoms with van der Waals surface area (Å²) in [6.07, 6.45) is 0. The third kappa shape index (κ3) is 9.94. The first-order valence-corrected chi connectivity index (χ1v) is 22.0. The number of aromatic hydroxyl groups is 1. The monoisotopic (exact) mass is 904 g/mol. The van der Waals surface area contributed by atoms with Crippen molar-refractivity contribution < 1.29 is 57.0 Å². The summed E-state index contributed by atoms with van der Waals surface area (Å²) in [6, 6.07) is 18.5. The number of hydrogen-bond donors (Lipinski definition) is 8. The SMILES string of the molecule is C=C(Nc1cc(S(=O)(=O)O)cc2cc(S(=O)(=O)O)c(N=Nc3cc(Nc4nc(Cl)nc(Nc5ccc(S(=O)(=O)O)cc5)n4)ccc3S(=O)(=O)O)c(O)c12)c1ccccc1. The van der Waals surface area contributed by atoms with E-state index in [-0.39, 0.29) is 55.6 Å². The number of hydrogen-bond acceptors (Lipinski definition) is 17. The minimum absolute atomic E-state index is 0.0431. The lowest BCUT2D eigenvalue weighted by molar-refractivity contribution is 0.472. The predicted octanol–water partition coefficient (Wildman–Crippen LogP) is 6.36. The molecule has 0 aliphatic carbocycles. The van der Waals surface area contributed by atoms with Crippen molar-refractivity contribution in [1.82, 2.24) is 15.0 Å². The molecule has 306 valence electrons. The summed E-state index contributed by atoms with van der Waals surface area (Å²) >= 11 is 6.07. The Morgan fingerprint density at radius 1 is 0.627 bits per heavy atom. The highest BCUT2D eigenvalue weighted by molar-refractivity contribution is 7.86. The Kier molecular flexibility index (Phi) is 11.4. The molecule has 0 bridgehead atoms. The Bertz CT molecular complexity index is 3180. The highest BCUT2D eigenvalue weighted by atomic mass is 35.5. The van der Waals surface area contributed by atoms with E-state index in [4.69, 9.17) is 11.6 Å². The number of phenolic OH excluding ortho intramolecular Hbond substituents is 1. The highest BCUT2D eigenvalue weighted by Crippen LogP contribution is 2.46. The van der Waals surface area contributed by atoms with Gasteiger partial charge < -0.3 is 21.1 Å². The number of azo groups is 1. The van der Waals surface area contributed by atoms with Gasteiger partial charge in [-0.25, -0.2) is 0 Å². The molecule has 0 unspecified atom stereocenters. The van der Waals surface area contributed by atoms with Gasteiger partial charge in [0.25, 0.3) is 40.5 Å². The number of phenols is 1. The van der Waals surface area contributed by atoms with Gasteiger partial charge in [0.2, 0.25) is 17.2 Å². The molecule has 0 fully saturated rings. The number of halogens is 1. The van der Waals surface area contributed by atoms with E-state index in [0.717, 1.165) is 42.5 Å². The van der Waals surface area contributed by atoms with Crippen LogP contribution in [0.1, 0.15) is 5.56 Å². The molecule has 0 radical (unpaired) electrons. The van der Waals surface area contributed by atoms with Crippen LogP contribution in [0.3, 0.4) is 0 Å². The maximum Gasteiger partial charge on any atom is 0.296 e. The first kappa shape index (κ1) is 42.4. The van der Waals surface area contributed by atoms with Crippen LogP contribution in [0.2, 0.25) is 5.28 Å². The van der Waals surface area contributed by atoms with E-state index in [9.17, 15) is 57.0 Å². The second kappa shape index (κ2) is 15.9. The minimum atomic E-state index is -5.33. The Balaban J connectivity index is 1.43. The van der Waals surface area contributed by atoms with E-state index in [1.54, 1.807) is 30.3 Å². The number of aromatic nitrogens is 3. The summed E-state index contributed by atoms with van der Waals surface area (Å²) in [5.74, 6) is -1.46. The third-order valence-electron chi connectivity index (χ3n) is 7.87. The number of nitrogens with zero attached hydrogens (tertiary/aromatic N) is 5. The van der Waals surface area contributed by atoms with Crippen LogP contribution in [0.4, 0.5) is 40.3 Å². The largest absolute Gasteiger partial charge is 0.505 e. The molecule has 0 spiro atoms. The van der Waals surface area contributed by atoms with Crippen molar-refractivity contribution in [3.05, 3.63) is 108 Å². The van der Waals surface area contributed by atoms with Gasteiger partial charge in [-0.2, -0.15) is 48.6 Å². The summed E-state index contributed by atoms with van der Waals surface area (Å²) in [5, 5.41) is 26.3. The summed E-state index contributed by atoms with van der Waals surface area (Å²) in [5.41, 5.74) is -1.03. The molecule has 0 atom stereocenters. The first-order valence-electron chi connectivity index (χ1n) is 15.8. The Morgan fingerprint density at radius 3 is 1.78 bits per heavy atom. The van der Waals surface area contributed by atoms with Crippen LogP contribution >= 0.6 is 11.6 Å². The van der Waals surface area contributed by atoms with Gasteiger partial charge in [0.05, 0.1) is 15.5 Å². The number of benzene rings is 5. The second-order valence-corrected chi connectivity index (χ2v) is 17.9. The van der Waals surface area contributed by atoms with Gasteiger partial charge >= 0.3 is 0 Å². The lowest BCUT2D eigenvalue weighted by Gasteiger charge is -2.17. The van der Waals surface area contributed by atoms with Crippen LogP contribution in [0.25, 0.3) is 16.5 Å². The zero-order valence-corrected chi connectivity index (χ0v) is 33.1. The Labute approximate surface area is 339 Å². The van der Waals surface area contributed by atoms with Crippen LogP contribution < -0.4 is 16.0 Å². The molecule has 0 saturated carbocycles. The number of fused-ring (bicyclic) bond motifs is 1. The fourth-order valence-electron chi connectivity index (χ4n) is 5.30. The summed E-state index contributed by atoms with van der Waals surface area (Å²) in [6.45, 7) is 3.89. The highest BCUT2D eigenvalue weighted by Gasteiger charge is 2.26. The number of nitrogens with one attached hydrogen (secondary N) is 3. The molecule has 59 heavy (non-hydrogen) atoms. The van der Waals surface area contributed by atoms with E-state index < -0.39 is 72.3 Å². The van der Waals surface area contributed by atoms with Gasteiger partial charge in [-0.15, -0.1) is 10.2 Å². The predicted molar refractivity (Wildman–Crippen MR) is 212 cm³/mol. The maximum absolute atomic E-state index is 12.6. The number of anilines is 5. The van der Waals surface area contributed by atoms with E-state index >= 15 is 0 Å². The van der Waals surface area contributed by atoms with Gasteiger partial charge in [0, 0.05) is 22.5 Å². The van der Waals surface area contributed by atoms with Gasteiger partial charge in [0.15, 0.2) is 5.75 Å². The van der Waals surface area contributed by atoms with Crippen molar-refractivity contribution in [2.45, 2.75) is 19.6 Å². The van der Waals surface area contributed by atoms with E-state index in [1.165, 1.54) is 12.1 Å². The fourth-order valence-corrected chi connectivity index (χ4v) is 7.74. The smallest absolute Gasteiger partial charge is 0.296 e. The molecule has 1 aromatic heterocycles. The van der Waals surface area contributed by atoms with Gasteiger partial charge in [-0.05, 0) is 83.2 Å². The normalized spacial score (nSPS) is 12.4. The Hall–Kier alpha value is -6.16. The lowest BCUT2D eigenvalue weighted by atomic mass is 10.1. The molecule has 5 aromatic carbocycles. The van der Waals surface area contributed by atoms with Crippen LogP contribution in [0.15, 0.2) is 127 Å². The quantitative estimate of drug-likeness (QED) is 0.0462. The van der Waals surface area contributed by atoms with Crippen molar-refractivity contribution in [3.63, 3.8) is 0 Å². The zero-order chi connectivity index (χ0) is 43.1. The summed E-state index contributed by atoms with van der Waals surface area (Å²) in [4.78, 5) is 8.83. The topological polar surface area (TPSA) is 337 Å². The fraction of sp³-hybridized carbons (Fsp3) is 0. The average Bonchev–Trinajstić information content (AvgIpc) is 3.13. The average molecular weight is 905 g/mol. The zero-order valence-electron chi connectivity index (χ0n) is 29.1. The van der Waals surface area contributed by atoms with Gasteiger partial charge in [-0.1, -0.05) is 36.9 Å². The molecule has 1 heterocycles. The molecule has 0 amide bonds. The standard InChI is InChI=1S/C33H25ClN8O13S4/c1-17(18-5-3-2-4-6-18)35-25-16-23(57(47,48)49)13-19-14-27(59(53,54)55)29(30(43)28(19)25)42-41-24-15-21(9-12-26(24)58(50,51)52)37-33-39-31(34)38-32(40-33)36-20-7-10-22(11-8-20)56(44,45)46/h2-16,35,43H,1H2,(H,44,45,46)(H,47,48,49)(H,50,51,52)(H,53,54,55)(H2,36,37,38,39,40). The van der Waals surface area contributed by atoms with Gasteiger partial charge in [-0.3, -0.25) is 18.2 Å². The van der Waals surface area contributed by atoms with E-state index in [0.29, 0.717) is 11.6 Å². The van der Waals surface area contributed by atoms with Crippen LogP contribution in [0, 0.1) is 0 Å². The summed E-state index contributed by atoms with van der Waals surface area (Å²) < 4.78 is 136. The first-order chi connectivity index (χ1) is 27.5. The van der Waals surface area contributed by atoms with Crippen LogP contribution in [-0.4, -0.2) is 71.9 Å².